The van der Waals surface area contributed by atoms with E-state index in [1.807, 2.05) is 54.7 Å². The molecule has 114 valence electrons. The molecule has 8 heteroatoms. The topological polar surface area (TPSA) is 64.2 Å². The number of nitrogens with zero attached hydrogens (tertiary/aromatic N) is 4. The maximum Gasteiger partial charge on any atom is 0.243 e. The van der Waals surface area contributed by atoms with Crippen molar-refractivity contribution < 1.29 is 17.0 Å². The Balaban J connectivity index is 0.00000110. The van der Waals surface area contributed by atoms with Crippen LogP contribution in [0.3, 0.4) is 0 Å². The first-order chi connectivity index (χ1) is 9.24. The van der Waals surface area contributed by atoms with Crippen LogP contribution in [0.1, 0.15) is 0 Å². The molecule has 0 radical (unpaired) electrons. The van der Waals surface area contributed by atoms with Gasteiger partial charge in [-0.15, -0.1) is 17.5 Å². The number of imidazole rings is 1. The number of fused-ring (bicyclic) bond motifs is 1. The minimum Gasteiger partial charge on any atom is -1.00 e. The molecule has 6 nitrogen and oxygen atoms in total. The van der Waals surface area contributed by atoms with Crippen molar-refractivity contribution in [1.82, 2.24) is 14.2 Å². The van der Waals surface area contributed by atoms with Gasteiger partial charge in [0.1, 0.15) is 24.6 Å². The Morgan fingerprint density at radius 2 is 2.14 bits per heavy atom. The van der Waals surface area contributed by atoms with Crippen molar-refractivity contribution in [2.45, 2.75) is 6.54 Å². The molecule has 0 bridgehead atoms. The lowest BCUT2D eigenvalue weighted by molar-refractivity contribution is -0.671. The third kappa shape index (κ3) is 3.59. The molecule has 0 unspecified atom stereocenters. The highest BCUT2D eigenvalue weighted by Crippen LogP contribution is 2.22. The number of nitrogens with two attached hydrogens (primary N) is 1. The van der Waals surface area contributed by atoms with Crippen LogP contribution in [0.2, 0.25) is 0 Å². The summed E-state index contributed by atoms with van der Waals surface area (Å²) in [5.74, 6) is 0.739. The zero-order valence-electron chi connectivity index (χ0n) is 11.6. The number of nitrogens with one attached hydrogen (secondary N) is 1. The first kappa shape index (κ1) is 17.1. The van der Waals surface area contributed by atoms with Gasteiger partial charge < -0.3 is 23.5 Å². The van der Waals surface area contributed by atoms with Crippen LogP contribution in [-0.4, -0.2) is 20.7 Å². The molecule has 0 fully saturated rings. The van der Waals surface area contributed by atoms with E-state index in [1.165, 1.54) is 0 Å². The van der Waals surface area contributed by atoms with Crippen molar-refractivity contribution in [2.24, 2.45) is 7.05 Å². The van der Waals surface area contributed by atoms with Gasteiger partial charge in [0.15, 0.2) is 5.82 Å². The normalized spacial score (nSPS) is 9.95. The van der Waals surface area contributed by atoms with Gasteiger partial charge in [-0.25, -0.2) is 13.6 Å². The van der Waals surface area contributed by atoms with Gasteiger partial charge in [0.25, 0.3) is 0 Å². The molecule has 3 rings (SSSR count). The van der Waals surface area contributed by atoms with Crippen LogP contribution in [0.25, 0.3) is 5.52 Å². The predicted octanol–water partition coefficient (Wildman–Crippen LogP) is -1.92. The number of aromatic nitrogens is 4. The van der Waals surface area contributed by atoms with Crippen LogP contribution < -0.4 is 28.0 Å². The van der Waals surface area contributed by atoms with E-state index in [-0.39, 0.29) is 24.8 Å². The summed E-state index contributed by atoms with van der Waals surface area (Å²) in [6.45, 7) is 1.65. The van der Waals surface area contributed by atoms with Crippen molar-refractivity contribution in [3.63, 3.8) is 0 Å². The Labute approximate surface area is 135 Å². The smallest absolute Gasteiger partial charge is 0.243 e. The molecule has 0 aliphatic rings. The average Bonchev–Trinajstić information content (AvgIpc) is 2.96. The molecular formula is C13H18Cl2N6. The zero-order valence-corrected chi connectivity index (χ0v) is 13.2. The zero-order chi connectivity index (χ0) is 13.2. The second-order valence-corrected chi connectivity index (χ2v) is 4.54. The van der Waals surface area contributed by atoms with Gasteiger partial charge in [-0.2, -0.15) is 0 Å². The maximum absolute atomic E-state index is 6.07. The van der Waals surface area contributed by atoms with E-state index in [1.54, 1.807) is 4.52 Å². The molecule has 3 aromatic rings. The highest BCUT2D eigenvalue weighted by atomic mass is 35.5. The SMILES string of the molecule is C[n+]1ccn(CCNc2nn3ccccc3c2N)c1.Cl.[Cl-]. The second-order valence-electron chi connectivity index (χ2n) is 4.54. The molecule has 0 aliphatic heterocycles. The highest BCUT2D eigenvalue weighted by molar-refractivity contribution is 5.85. The summed E-state index contributed by atoms with van der Waals surface area (Å²) >= 11 is 0. The third-order valence-electron chi connectivity index (χ3n) is 3.06. The molecule has 0 atom stereocenters. The molecule has 0 saturated heterocycles. The van der Waals surface area contributed by atoms with Crippen molar-refractivity contribution in [3.05, 3.63) is 43.1 Å². The molecule has 0 aromatic carbocycles. The lowest BCUT2D eigenvalue weighted by Crippen LogP contribution is -3.00. The number of hydrogen-bond donors (Lipinski definition) is 2. The monoisotopic (exact) mass is 328 g/mol. The van der Waals surface area contributed by atoms with Gasteiger partial charge in [0.05, 0.1) is 19.1 Å². The van der Waals surface area contributed by atoms with Crippen molar-refractivity contribution in [1.29, 1.82) is 0 Å². The molecule has 0 aliphatic carbocycles. The van der Waals surface area contributed by atoms with E-state index in [0.29, 0.717) is 5.69 Å². The average molecular weight is 329 g/mol. The number of nitrogen functional groups attached to an aromatic ring is 1. The second kappa shape index (κ2) is 7.19. The van der Waals surface area contributed by atoms with E-state index in [9.17, 15) is 0 Å². The Hall–Kier alpha value is -1.92. The summed E-state index contributed by atoms with van der Waals surface area (Å²) in [5.41, 5.74) is 7.69. The minimum absolute atomic E-state index is 0. The van der Waals surface area contributed by atoms with E-state index in [4.69, 9.17) is 5.73 Å². The largest absolute Gasteiger partial charge is 1.00 e. The fourth-order valence-electron chi connectivity index (χ4n) is 2.09. The van der Waals surface area contributed by atoms with Gasteiger partial charge >= 0.3 is 0 Å². The Morgan fingerprint density at radius 3 is 2.81 bits per heavy atom. The first-order valence-corrected chi connectivity index (χ1v) is 6.22. The number of anilines is 2. The molecule has 0 spiro atoms. The van der Waals surface area contributed by atoms with Gasteiger partial charge in [-0.3, -0.25) is 0 Å². The van der Waals surface area contributed by atoms with E-state index >= 15 is 0 Å². The third-order valence-corrected chi connectivity index (χ3v) is 3.06. The van der Waals surface area contributed by atoms with Gasteiger partial charge in [-0.05, 0) is 12.1 Å². The Kier molecular flexibility index (Phi) is 5.87. The molecule has 3 heterocycles. The minimum atomic E-state index is 0. The number of hydrogen-bond acceptors (Lipinski definition) is 3. The number of aryl methyl sites for hydroxylation is 1. The molecule has 3 N–H and O–H groups in total. The summed E-state index contributed by atoms with van der Waals surface area (Å²) in [6, 6.07) is 5.85. The van der Waals surface area contributed by atoms with Crippen LogP contribution in [0, 0.1) is 0 Å². The number of rotatable bonds is 4. The van der Waals surface area contributed by atoms with Crippen molar-refractivity contribution >= 4 is 29.4 Å². The van der Waals surface area contributed by atoms with Gasteiger partial charge in [-0.1, -0.05) is 6.07 Å². The summed E-state index contributed by atoms with van der Waals surface area (Å²) < 4.78 is 5.91. The summed E-state index contributed by atoms with van der Waals surface area (Å²) in [5, 5.41) is 7.69. The van der Waals surface area contributed by atoms with Crippen LogP contribution in [-0.2, 0) is 13.6 Å². The van der Waals surface area contributed by atoms with E-state index in [2.05, 4.69) is 15.0 Å². The number of pyridine rings is 1. The maximum atomic E-state index is 6.07. The first-order valence-electron chi connectivity index (χ1n) is 6.22. The fourth-order valence-corrected chi connectivity index (χ4v) is 2.09. The van der Waals surface area contributed by atoms with E-state index < -0.39 is 0 Å². The molecule has 0 saturated carbocycles. The summed E-state index contributed by atoms with van der Waals surface area (Å²) in [4.78, 5) is 0. The summed E-state index contributed by atoms with van der Waals surface area (Å²) in [6.07, 6.45) is 7.98. The molecule has 3 aromatic heterocycles. The molecule has 0 amide bonds. The number of halogens is 2. The van der Waals surface area contributed by atoms with Gasteiger partial charge in [0.2, 0.25) is 6.33 Å². The van der Waals surface area contributed by atoms with Gasteiger partial charge in [0, 0.05) is 6.20 Å². The van der Waals surface area contributed by atoms with E-state index in [0.717, 1.165) is 24.4 Å². The lowest BCUT2D eigenvalue weighted by atomic mass is 10.3. The van der Waals surface area contributed by atoms with Crippen molar-refractivity contribution in [2.75, 3.05) is 17.6 Å². The van der Waals surface area contributed by atoms with Crippen LogP contribution in [0.5, 0.6) is 0 Å². The lowest BCUT2D eigenvalue weighted by Gasteiger charge is -2.01. The quantitative estimate of drug-likeness (QED) is 0.549. The van der Waals surface area contributed by atoms with Crippen LogP contribution in [0.4, 0.5) is 11.5 Å². The molecule has 21 heavy (non-hydrogen) atoms. The van der Waals surface area contributed by atoms with Crippen LogP contribution in [0.15, 0.2) is 43.1 Å². The van der Waals surface area contributed by atoms with Crippen molar-refractivity contribution in [3.8, 4) is 0 Å². The summed E-state index contributed by atoms with van der Waals surface area (Å²) in [7, 11) is 2.00. The molecular weight excluding hydrogens is 311 g/mol. The highest BCUT2D eigenvalue weighted by Gasteiger charge is 2.08. The Morgan fingerprint density at radius 1 is 1.33 bits per heavy atom. The fraction of sp³-hybridized carbons (Fsp3) is 0.231. The standard InChI is InChI=1S/C13H17N6.2ClH/c1-17-8-9-18(10-17)7-5-15-13-12(14)11-4-2-3-6-19(11)16-13;;/h2-4,6,8-10H,5,7,14H2,1H3,(H,15,16);2*1H/q+1;;/p-1. The Bertz CT molecular complexity index is 706. The predicted molar refractivity (Wildman–Crippen MR) is 81.0 cm³/mol. The van der Waals surface area contributed by atoms with Crippen LogP contribution >= 0.6 is 12.4 Å².